The third kappa shape index (κ3) is 3.02. The smallest absolute Gasteiger partial charge is 0.255 e. The van der Waals surface area contributed by atoms with Crippen molar-refractivity contribution in [2.24, 2.45) is 5.92 Å². The van der Waals surface area contributed by atoms with Crippen LogP contribution in [0.1, 0.15) is 43.0 Å². The summed E-state index contributed by atoms with van der Waals surface area (Å²) >= 11 is 5.87. The van der Waals surface area contributed by atoms with Gasteiger partial charge in [-0.25, -0.2) is 4.39 Å². The van der Waals surface area contributed by atoms with Crippen LogP contribution in [0.3, 0.4) is 0 Å². The maximum Gasteiger partial charge on any atom is 0.255 e. The number of carbonyl (C=O) groups excluding carboxylic acids is 1. The minimum absolute atomic E-state index is 0.0441. The van der Waals surface area contributed by atoms with E-state index in [1.807, 2.05) is 0 Å². The molecule has 1 saturated carbocycles. The predicted octanol–water partition coefficient (Wildman–Crippen LogP) is 3.79. The lowest BCUT2D eigenvalue weighted by Gasteiger charge is -2.27. The molecule has 2 rings (SSSR count). The number of carbonyl (C=O) groups is 1. The van der Waals surface area contributed by atoms with Gasteiger partial charge >= 0.3 is 0 Å². The third-order valence-corrected chi connectivity index (χ3v) is 3.78. The van der Waals surface area contributed by atoms with E-state index >= 15 is 0 Å². The Morgan fingerprint density at radius 3 is 2.89 bits per heavy atom. The van der Waals surface area contributed by atoms with Gasteiger partial charge in [0.15, 0.2) is 0 Å². The van der Waals surface area contributed by atoms with Crippen molar-refractivity contribution >= 4 is 17.5 Å². The molecule has 0 radical (unpaired) electrons. The van der Waals surface area contributed by atoms with Crippen LogP contribution in [-0.4, -0.2) is 11.9 Å². The van der Waals surface area contributed by atoms with Crippen molar-refractivity contribution in [1.82, 2.24) is 5.32 Å². The van der Waals surface area contributed by atoms with Gasteiger partial charge in [0.2, 0.25) is 0 Å². The van der Waals surface area contributed by atoms with E-state index in [1.165, 1.54) is 24.6 Å². The Labute approximate surface area is 112 Å². The van der Waals surface area contributed by atoms with Crippen LogP contribution < -0.4 is 5.32 Å². The average molecular weight is 270 g/mol. The number of hydrogen-bond donors (Lipinski definition) is 1. The molecule has 2 atom stereocenters. The van der Waals surface area contributed by atoms with Crippen LogP contribution in [0.25, 0.3) is 0 Å². The monoisotopic (exact) mass is 269 g/mol. The van der Waals surface area contributed by atoms with Gasteiger partial charge in [-0.1, -0.05) is 37.4 Å². The summed E-state index contributed by atoms with van der Waals surface area (Å²) in [5.41, 5.74) is -0.0441. The molecule has 0 spiro atoms. The number of benzene rings is 1. The van der Waals surface area contributed by atoms with E-state index in [9.17, 15) is 9.18 Å². The summed E-state index contributed by atoms with van der Waals surface area (Å²) < 4.78 is 13.6. The van der Waals surface area contributed by atoms with Crippen molar-refractivity contribution in [3.8, 4) is 0 Å². The molecule has 0 saturated heterocycles. The average Bonchev–Trinajstić information content (AvgIpc) is 2.28. The normalized spacial score (nSPS) is 23.7. The Kier molecular flexibility index (Phi) is 4.23. The van der Waals surface area contributed by atoms with Crippen molar-refractivity contribution in [3.63, 3.8) is 0 Å². The fraction of sp³-hybridized carbons (Fsp3) is 0.500. The van der Waals surface area contributed by atoms with Gasteiger partial charge in [0, 0.05) is 6.04 Å². The van der Waals surface area contributed by atoms with Gasteiger partial charge in [-0.2, -0.15) is 0 Å². The molecule has 0 bridgehead atoms. The van der Waals surface area contributed by atoms with Gasteiger partial charge in [0.25, 0.3) is 5.91 Å². The van der Waals surface area contributed by atoms with Gasteiger partial charge in [0.05, 0.1) is 10.6 Å². The molecule has 1 N–H and O–H groups in total. The van der Waals surface area contributed by atoms with E-state index in [4.69, 9.17) is 11.6 Å². The quantitative estimate of drug-likeness (QED) is 0.870. The highest BCUT2D eigenvalue weighted by molar-refractivity contribution is 6.33. The molecule has 1 aliphatic carbocycles. The molecule has 2 unspecified atom stereocenters. The summed E-state index contributed by atoms with van der Waals surface area (Å²) in [6.07, 6.45) is 4.23. The Morgan fingerprint density at radius 1 is 1.44 bits per heavy atom. The lowest BCUT2D eigenvalue weighted by Crippen LogP contribution is -2.38. The maximum atomic E-state index is 13.6. The molecular weight excluding hydrogens is 253 g/mol. The third-order valence-electron chi connectivity index (χ3n) is 3.46. The van der Waals surface area contributed by atoms with E-state index in [-0.39, 0.29) is 16.6 Å². The van der Waals surface area contributed by atoms with Crippen molar-refractivity contribution in [3.05, 3.63) is 34.6 Å². The van der Waals surface area contributed by atoms with Crippen LogP contribution in [0.15, 0.2) is 18.2 Å². The molecule has 98 valence electrons. The highest BCUT2D eigenvalue weighted by Crippen LogP contribution is 2.25. The molecule has 1 aromatic carbocycles. The zero-order valence-electron chi connectivity index (χ0n) is 10.4. The van der Waals surface area contributed by atoms with Crippen molar-refractivity contribution < 1.29 is 9.18 Å². The van der Waals surface area contributed by atoms with Crippen molar-refractivity contribution in [1.29, 1.82) is 0 Å². The second kappa shape index (κ2) is 5.70. The second-order valence-corrected chi connectivity index (χ2v) is 5.45. The Balaban J connectivity index is 2.07. The van der Waals surface area contributed by atoms with Crippen molar-refractivity contribution in [2.45, 2.75) is 38.6 Å². The molecule has 0 aromatic heterocycles. The molecule has 1 aromatic rings. The maximum absolute atomic E-state index is 13.6. The first kappa shape index (κ1) is 13.3. The fourth-order valence-corrected chi connectivity index (χ4v) is 2.79. The topological polar surface area (TPSA) is 29.1 Å². The van der Waals surface area contributed by atoms with Crippen molar-refractivity contribution in [2.75, 3.05) is 0 Å². The molecule has 4 heteroatoms. The number of amides is 1. The minimum atomic E-state index is -0.566. The summed E-state index contributed by atoms with van der Waals surface area (Å²) in [7, 11) is 0. The van der Waals surface area contributed by atoms with Gasteiger partial charge in [-0.3, -0.25) is 4.79 Å². The number of hydrogen-bond acceptors (Lipinski definition) is 1. The molecule has 18 heavy (non-hydrogen) atoms. The van der Waals surface area contributed by atoms with Gasteiger partial charge in [-0.15, -0.1) is 0 Å². The van der Waals surface area contributed by atoms with Crippen LogP contribution in [0, 0.1) is 11.7 Å². The Bertz CT molecular complexity index is 429. The summed E-state index contributed by atoms with van der Waals surface area (Å²) in [6.45, 7) is 2.17. The van der Waals surface area contributed by atoms with Crippen LogP contribution in [0.2, 0.25) is 5.02 Å². The van der Waals surface area contributed by atoms with E-state index in [2.05, 4.69) is 12.2 Å². The minimum Gasteiger partial charge on any atom is -0.349 e. The zero-order chi connectivity index (χ0) is 13.1. The molecule has 2 nitrogen and oxygen atoms in total. The van der Waals surface area contributed by atoms with E-state index in [1.54, 1.807) is 0 Å². The lowest BCUT2D eigenvalue weighted by molar-refractivity contribution is 0.0917. The number of halogens is 2. The highest BCUT2D eigenvalue weighted by Gasteiger charge is 2.23. The molecule has 0 heterocycles. The highest BCUT2D eigenvalue weighted by atomic mass is 35.5. The first-order valence-corrected chi connectivity index (χ1v) is 6.70. The molecule has 0 aliphatic heterocycles. The molecule has 1 fully saturated rings. The van der Waals surface area contributed by atoms with E-state index < -0.39 is 11.7 Å². The second-order valence-electron chi connectivity index (χ2n) is 5.04. The lowest BCUT2D eigenvalue weighted by atomic mass is 9.87. The first-order valence-electron chi connectivity index (χ1n) is 6.33. The summed E-state index contributed by atoms with van der Waals surface area (Å²) in [5, 5.41) is 3.05. The number of rotatable bonds is 2. The predicted molar refractivity (Wildman–Crippen MR) is 70.3 cm³/mol. The zero-order valence-corrected chi connectivity index (χ0v) is 11.1. The largest absolute Gasteiger partial charge is 0.349 e. The van der Waals surface area contributed by atoms with Gasteiger partial charge in [0.1, 0.15) is 5.82 Å². The molecule has 1 amide bonds. The number of nitrogens with one attached hydrogen (secondary N) is 1. The summed E-state index contributed by atoms with van der Waals surface area (Å²) in [4.78, 5) is 12.0. The summed E-state index contributed by atoms with van der Waals surface area (Å²) in [6, 6.07) is 4.42. The fourth-order valence-electron chi connectivity index (χ4n) is 2.54. The first-order chi connectivity index (χ1) is 8.58. The van der Waals surface area contributed by atoms with Crippen LogP contribution in [-0.2, 0) is 0 Å². The standard InChI is InChI=1S/C14H17ClFNO/c1-9-4-2-5-10(8-9)17-14(18)13-11(15)6-3-7-12(13)16/h3,6-7,9-10H,2,4-5,8H2,1H3,(H,17,18). The Hall–Kier alpha value is -1.09. The molecule has 1 aliphatic rings. The summed E-state index contributed by atoms with van der Waals surface area (Å²) in [5.74, 6) is -0.360. The SMILES string of the molecule is CC1CCCC(NC(=O)c2c(F)cccc2Cl)C1. The van der Waals surface area contributed by atoms with E-state index in [0.29, 0.717) is 5.92 Å². The Morgan fingerprint density at radius 2 is 2.22 bits per heavy atom. The van der Waals surface area contributed by atoms with Crippen LogP contribution in [0.4, 0.5) is 4.39 Å². The van der Waals surface area contributed by atoms with Gasteiger partial charge < -0.3 is 5.32 Å². The molecular formula is C14H17ClFNO. The van der Waals surface area contributed by atoms with Crippen LogP contribution >= 0.6 is 11.6 Å². The van der Waals surface area contributed by atoms with Gasteiger partial charge in [-0.05, 0) is 30.9 Å². The van der Waals surface area contributed by atoms with E-state index in [0.717, 1.165) is 19.3 Å². The van der Waals surface area contributed by atoms with Crippen LogP contribution in [0.5, 0.6) is 0 Å².